The largest absolute Gasteiger partial charge is 0.417 e. The summed E-state index contributed by atoms with van der Waals surface area (Å²) in [5.41, 5.74) is 0.357. The molecule has 2 N–H and O–H groups in total. The van der Waals surface area contributed by atoms with Crippen molar-refractivity contribution in [2.75, 3.05) is 5.32 Å². The van der Waals surface area contributed by atoms with Gasteiger partial charge in [0.1, 0.15) is 10.8 Å². The molecule has 172 valence electrons. The summed E-state index contributed by atoms with van der Waals surface area (Å²) in [5.74, 6) is 0.922. The molecule has 7 nitrogen and oxygen atoms in total. The number of hydrogen-bond donors (Lipinski definition) is 2. The molecule has 0 aliphatic carbocycles. The summed E-state index contributed by atoms with van der Waals surface area (Å²) >= 11 is 6.32. The van der Waals surface area contributed by atoms with Gasteiger partial charge in [-0.1, -0.05) is 37.6 Å². The molecule has 1 unspecified atom stereocenters. The van der Waals surface area contributed by atoms with Crippen molar-refractivity contribution in [3.63, 3.8) is 0 Å². The van der Waals surface area contributed by atoms with Gasteiger partial charge in [0.15, 0.2) is 5.82 Å². The Morgan fingerprint density at radius 1 is 1.15 bits per heavy atom. The van der Waals surface area contributed by atoms with Gasteiger partial charge in [0.05, 0.1) is 34.5 Å². The number of H-pyrrole nitrogens is 1. The summed E-state index contributed by atoms with van der Waals surface area (Å²) in [5, 5.41) is 7.13. The maximum Gasteiger partial charge on any atom is 0.417 e. The SMILES string of the molecule is CC(C)CC(Nc1cnn(-c2ccc(C(F)(F)F)cn2)c(=O)c1Cl)c1nc2ccccc2[nH]1. The lowest BCUT2D eigenvalue weighted by Crippen LogP contribution is -2.25. The van der Waals surface area contributed by atoms with Crippen LogP contribution in [0.4, 0.5) is 18.9 Å². The summed E-state index contributed by atoms with van der Waals surface area (Å²) in [4.78, 5) is 24.4. The van der Waals surface area contributed by atoms with Crippen LogP contribution in [0.1, 0.15) is 37.7 Å². The highest BCUT2D eigenvalue weighted by Crippen LogP contribution is 2.30. The summed E-state index contributed by atoms with van der Waals surface area (Å²) in [6, 6.07) is 9.24. The molecule has 1 aromatic carbocycles. The zero-order valence-corrected chi connectivity index (χ0v) is 18.4. The number of pyridine rings is 1. The van der Waals surface area contributed by atoms with E-state index in [1.807, 2.05) is 24.3 Å². The quantitative estimate of drug-likeness (QED) is 0.390. The number of aromatic amines is 1. The molecule has 0 saturated carbocycles. The molecule has 0 bridgehead atoms. The Labute approximate surface area is 191 Å². The van der Waals surface area contributed by atoms with Crippen LogP contribution >= 0.6 is 11.6 Å². The van der Waals surface area contributed by atoms with Crippen molar-refractivity contribution in [1.29, 1.82) is 0 Å². The number of anilines is 1. The van der Waals surface area contributed by atoms with Crippen molar-refractivity contribution in [1.82, 2.24) is 24.7 Å². The molecular weight excluding hydrogens is 457 g/mol. The lowest BCUT2D eigenvalue weighted by Gasteiger charge is -2.20. The minimum absolute atomic E-state index is 0.0718. The van der Waals surface area contributed by atoms with Crippen molar-refractivity contribution < 1.29 is 13.2 Å². The topological polar surface area (TPSA) is 88.5 Å². The van der Waals surface area contributed by atoms with Crippen molar-refractivity contribution in [3.05, 3.63) is 75.6 Å². The van der Waals surface area contributed by atoms with Crippen LogP contribution in [-0.4, -0.2) is 24.7 Å². The molecule has 0 radical (unpaired) electrons. The molecule has 1 atom stereocenters. The first-order valence-electron chi connectivity index (χ1n) is 10.2. The maximum absolute atomic E-state index is 12.8. The van der Waals surface area contributed by atoms with E-state index < -0.39 is 17.3 Å². The average Bonchev–Trinajstić information content (AvgIpc) is 3.20. The fourth-order valence-electron chi connectivity index (χ4n) is 3.41. The normalized spacial score (nSPS) is 12.9. The fourth-order valence-corrected chi connectivity index (χ4v) is 3.59. The van der Waals surface area contributed by atoms with Gasteiger partial charge in [-0.25, -0.2) is 9.97 Å². The number of halogens is 4. The van der Waals surface area contributed by atoms with Crippen LogP contribution in [0.25, 0.3) is 16.9 Å². The second kappa shape index (κ2) is 8.86. The van der Waals surface area contributed by atoms with E-state index in [9.17, 15) is 18.0 Å². The van der Waals surface area contributed by atoms with Crippen LogP contribution in [0.5, 0.6) is 0 Å². The van der Waals surface area contributed by atoms with E-state index in [0.29, 0.717) is 24.4 Å². The minimum Gasteiger partial charge on any atom is -0.372 e. The molecular formula is C22H20ClF3N6O. The Morgan fingerprint density at radius 3 is 2.55 bits per heavy atom. The lowest BCUT2D eigenvalue weighted by molar-refractivity contribution is -0.137. The van der Waals surface area contributed by atoms with Crippen LogP contribution in [0.15, 0.2) is 53.6 Å². The molecule has 0 amide bonds. The molecule has 3 heterocycles. The van der Waals surface area contributed by atoms with Gasteiger partial charge in [0.2, 0.25) is 0 Å². The maximum atomic E-state index is 12.8. The Bertz CT molecular complexity index is 1300. The molecule has 0 spiro atoms. The van der Waals surface area contributed by atoms with Gasteiger partial charge in [0.25, 0.3) is 5.56 Å². The summed E-state index contributed by atoms with van der Waals surface area (Å²) in [6.07, 6.45) is -1.85. The van der Waals surface area contributed by atoms with Gasteiger partial charge < -0.3 is 10.3 Å². The second-order valence-corrected chi connectivity index (χ2v) is 8.34. The van der Waals surface area contributed by atoms with Crippen molar-refractivity contribution in [2.24, 2.45) is 5.92 Å². The number of alkyl halides is 3. The third kappa shape index (κ3) is 4.85. The number of aromatic nitrogens is 5. The first kappa shape index (κ1) is 22.8. The molecule has 0 fully saturated rings. The van der Waals surface area contributed by atoms with Gasteiger partial charge in [-0.05, 0) is 36.6 Å². The average molecular weight is 477 g/mol. The Kier molecular flexibility index (Phi) is 6.11. The van der Waals surface area contributed by atoms with E-state index in [-0.39, 0.29) is 22.6 Å². The molecule has 11 heteroatoms. The Hall–Kier alpha value is -3.40. The Balaban J connectivity index is 1.65. The van der Waals surface area contributed by atoms with Gasteiger partial charge in [-0.15, -0.1) is 0 Å². The van der Waals surface area contributed by atoms with E-state index in [2.05, 4.69) is 39.2 Å². The number of para-hydroxylation sites is 2. The van der Waals surface area contributed by atoms with E-state index in [4.69, 9.17) is 11.6 Å². The highest BCUT2D eigenvalue weighted by molar-refractivity contribution is 6.33. The van der Waals surface area contributed by atoms with E-state index in [0.717, 1.165) is 27.8 Å². The third-order valence-electron chi connectivity index (χ3n) is 4.99. The zero-order valence-electron chi connectivity index (χ0n) is 17.7. The number of fused-ring (bicyclic) bond motifs is 1. The van der Waals surface area contributed by atoms with Crippen LogP contribution < -0.4 is 10.9 Å². The highest BCUT2D eigenvalue weighted by Gasteiger charge is 2.31. The van der Waals surface area contributed by atoms with Gasteiger partial charge in [-0.3, -0.25) is 4.79 Å². The number of nitrogens with zero attached hydrogens (tertiary/aromatic N) is 4. The van der Waals surface area contributed by atoms with E-state index in [1.54, 1.807) is 0 Å². The highest BCUT2D eigenvalue weighted by atomic mass is 35.5. The van der Waals surface area contributed by atoms with Crippen LogP contribution in [-0.2, 0) is 6.18 Å². The monoisotopic (exact) mass is 476 g/mol. The molecule has 4 rings (SSSR count). The second-order valence-electron chi connectivity index (χ2n) is 7.96. The van der Waals surface area contributed by atoms with Crippen LogP contribution in [0.2, 0.25) is 5.02 Å². The molecule has 0 aliphatic heterocycles. The standard InChI is InChI=1S/C22H20ClF3N6O/c1-12(2)9-16(20-30-14-5-3-4-6-15(14)31-20)29-17-11-28-32(21(33)19(17)23)18-8-7-13(10-27-18)22(24,25)26/h3-8,10-12,16,29H,9H2,1-2H3,(H,30,31). The van der Waals surface area contributed by atoms with E-state index >= 15 is 0 Å². The molecule has 0 saturated heterocycles. The first-order chi connectivity index (χ1) is 15.6. The van der Waals surface area contributed by atoms with Gasteiger partial charge in [0, 0.05) is 6.20 Å². The van der Waals surface area contributed by atoms with Crippen molar-refractivity contribution in [2.45, 2.75) is 32.5 Å². The minimum atomic E-state index is -4.53. The number of hydrogen-bond acceptors (Lipinski definition) is 5. The third-order valence-corrected chi connectivity index (χ3v) is 5.35. The van der Waals surface area contributed by atoms with Crippen molar-refractivity contribution >= 4 is 28.3 Å². The summed E-state index contributed by atoms with van der Waals surface area (Å²) in [7, 11) is 0. The molecule has 3 aromatic heterocycles. The van der Waals surface area contributed by atoms with Crippen LogP contribution in [0.3, 0.4) is 0 Å². The number of imidazole rings is 1. The molecule has 4 aromatic rings. The van der Waals surface area contributed by atoms with Crippen LogP contribution in [0, 0.1) is 5.92 Å². The lowest BCUT2D eigenvalue weighted by atomic mass is 10.0. The predicted molar refractivity (Wildman–Crippen MR) is 120 cm³/mol. The number of rotatable bonds is 6. The molecule has 0 aliphatic rings. The molecule has 33 heavy (non-hydrogen) atoms. The summed E-state index contributed by atoms with van der Waals surface area (Å²) < 4.78 is 39.2. The fraction of sp³-hybridized carbons (Fsp3) is 0.273. The smallest absolute Gasteiger partial charge is 0.372 e. The van der Waals surface area contributed by atoms with Gasteiger partial charge in [-0.2, -0.15) is 23.0 Å². The Morgan fingerprint density at radius 2 is 1.91 bits per heavy atom. The summed E-state index contributed by atoms with van der Waals surface area (Å²) in [6.45, 7) is 4.12. The van der Waals surface area contributed by atoms with E-state index in [1.165, 1.54) is 6.20 Å². The first-order valence-corrected chi connectivity index (χ1v) is 10.5. The van der Waals surface area contributed by atoms with Gasteiger partial charge >= 0.3 is 6.18 Å². The number of nitrogens with one attached hydrogen (secondary N) is 2. The van der Waals surface area contributed by atoms with Crippen molar-refractivity contribution in [3.8, 4) is 5.82 Å². The zero-order chi connectivity index (χ0) is 23.8. The number of benzene rings is 1. The predicted octanol–water partition coefficient (Wildman–Crippen LogP) is 5.38.